The van der Waals surface area contributed by atoms with Crippen LogP contribution in [0.1, 0.15) is 44.1 Å². The van der Waals surface area contributed by atoms with Gasteiger partial charge in [-0.25, -0.2) is 4.68 Å². The number of rotatable bonds is 6. The minimum atomic E-state index is -0.215. The standard InChI is InChI=1S/C17H28N4O2/c1-4-8-21-16(22)6-5-15(19-21)17(23)18-7-9-20-11-13(2)10-14(3)12-20/h5-6,13-14H,4,7-12H2,1-3H3,(H,18,23)/t13-,14-/m1/s1. The number of nitrogens with one attached hydrogen (secondary N) is 1. The van der Waals surface area contributed by atoms with E-state index < -0.39 is 0 Å². The molecule has 128 valence electrons. The summed E-state index contributed by atoms with van der Waals surface area (Å²) in [4.78, 5) is 26.2. The molecule has 0 radical (unpaired) electrons. The van der Waals surface area contributed by atoms with E-state index in [1.807, 2.05) is 6.92 Å². The van der Waals surface area contributed by atoms with Gasteiger partial charge in [0.2, 0.25) is 0 Å². The maximum Gasteiger partial charge on any atom is 0.271 e. The second-order valence-electron chi connectivity index (χ2n) is 6.74. The molecule has 0 unspecified atom stereocenters. The first-order valence-electron chi connectivity index (χ1n) is 8.58. The Labute approximate surface area is 137 Å². The number of hydrogen-bond acceptors (Lipinski definition) is 4. The van der Waals surface area contributed by atoms with Gasteiger partial charge in [0.25, 0.3) is 11.5 Å². The van der Waals surface area contributed by atoms with E-state index in [0.29, 0.717) is 30.6 Å². The molecule has 1 aromatic heterocycles. The first-order valence-corrected chi connectivity index (χ1v) is 8.58. The Morgan fingerprint density at radius 2 is 1.96 bits per heavy atom. The molecule has 0 aliphatic carbocycles. The van der Waals surface area contributed by atoms with Crippen LogP contribution in [0.15, 0.2) is 16.9 Å². The number of piperidine rings is 1. The van der Waals surface area contributed by atoms with Crippen molar-refractivity contribution < 1.29 is 4.79 Å². The lowest BCUT2D eigenvalue weighted by Crippen LogP contribution is -2.43. The van der Waals surface area contributed by atoms with Gasteiger partial charge in [0.1, 0.15) is 5.69 Å². The first kappa shape index (κ1) is 17.7. The molecule has 1 N–H and O–H groups in total. The van der Waals surface area contributed by atoms with E-state index in [-0.39, 0.29) is 11.5 Å². The highest BCUT2D eigenvalue weighted by Crippen LogP contribution is 2.20. The zero-order chi connectivity index (χ0) is 16.8. The van der Waals surface area contributed by atoms with Gasteiger partial charge < -0.3 is 10.2 Å². The minimum absolute atomic E-state index is 0.167. The summed E-state index contributed by atoms with van der Waals surface area (Å²) in [6, 6.07) is 2.90. The van der Waals surface area contributed by atoms with Gasteiger partial charge in [0.05, 0.1) is 0 Å². The average molecular weight is 320 g/mol. The number of aryl methyl sites for hydroxylation is 1. The summed E-state index contributed by atoms with van der Waals surface area (Å²) < 4.78 is 1.35. The highest BCUT2D eigenvalue weighted by Gasteiger charge is 2.21. The summed E-state index contributed by atoms with van der Waals surface area (Å²) in [7, 11) is 0. The molecule has 1 saturated heterocycles. The van der Waals surface area contributed by atoms with Crippen molar-refractivity contribution in [2.45, 2.75) is 40.2 Å². The molecule has 1 aliphatic heterocycles. The summed E-state index contributed by atoms with van der Waals surface area (Å²) in [5.41, 5.74) is 0.137. The molecule has 2 heterocycles. The number of carbonyl (C=O) groups excluding carboxylic acids is 1. The Hall–Kier alpha value is -1.69. The van der Waals surface area contributed by atoms with Crippen molar-refractivity contribution in [3.63, 3.8) is 0 Å². The van der Waals surface area contributed by atoms with Crippen molar-refractivity contribution >= 4 is 5.91 Å². The van der Waals surface area contributed by atoms with Crippen molar-refractivity contribution in [3.05, 3.63) is 28.2 Å². The number of carbonyl (C=O) groups is 1. The van der Waals surface area contributed by atoms with E-state index >= 15 is 0 Å². The van der Waals surface area contributed by atoms with Crippen molar-refractivity contribution in [1.29, 1.82) is 0 Å². The number of likely N-dealkylation sites (tertiary alicyclic amines) is 1. The van der Waals surface area contributed by atoms with Gasteiger partial charge >= 0.3 is 0 Å². The fourth-order valence-electron chi connectivity index (χ4n) is 3.33. The van der Waals surface area contributed by atoms with E-state index in [1.54, 1.807) is 0 Å². The van der Waals surface area contributed by atoms with Gasteiger partial charge in [-0.2, -0.15) is 5.10 Å². The summed E-state index contributed by atoms with van der Waals surface area (Å²) in [5.74, 6) is 1.22. The lowest BCUT2D eigenvalue weighted by Gasteiger charge is -2.34. The van der Waals surface area contributed by atoms with Crippen molar-refractivity contribution in [3.8, 4) is 0 Å². The van der Waals surface area contributed by atoms with E-state index in [0.717, 1.165) is 26.1 Å². The second kappa shape index (κ2) is 8.24. The third-order valence-corrected chi connectivity index (χ3v) is 4.19. The van der Waals surface area contributed by atoms with Crippen LogP contribution < -0.4 is 10.9 Å². The fourth-order valence-corrected chi connectivity index (χ4v) is 3.33. The molecule has 2 atom stereocenters. The highest BCUT2D eigenvalue weighted by molar-refractivity contribution is 5.91. The SMILES string of the molecule is CCCn1nc(C(=O)NCCN2C[C@H](C)C[C@@H](C)C2)ccc1=O. The Bertz CT molecular complexity index is 574. The van der Waals surface area contributed by atoms with Gasteiger partial charge in [-0.1, -0.05) is 20.8 Å². The minimum Gasteiger partial charge on any atom is -0.349 e. The molecule has 0 aromatic carbocycles. The lowest BCUT2D eigenvalue weighted by atomic mass is 9.92. The van der Waals surface area contributed by atoms with E-state index in [2.05, 4.69) is 29.2 Å². The van der Waals surface area contributed by atoms with Crippen LogP contribution in [0.3, 0.4) is 0 Å². The lowest BCUT2D eigenvalue weighted by molar-refractivity contribution is 0.0929. The molecule has 2 rings (SSSR count). The Morgan fingerprint density at radius 3 is 2.61 bits per heavy atom. The fraction of sp³-hybridized carbons (Fsp3) is 0.706. The van der Waals surface area contributed by atoms with E-state index in [4.69, 9.17) is 0 Å². The van der Waals surface area contributed by atoms with Gasteiger partial charge in [-0.05, 0) is 30.7 Å². The summed E-state index contributed by atoms with van der Waals surface area (Å²) >= 11 is 0. The number of nitrogens with zero attached hydrogens (tertiary/aromatic N) is 3. The van der Waals surface area contributed by atoms with Crippen molar-refractivity contribution in [2.24, 2.45) is 11.8 Å². The van der Waals surface area contributed by atoms with Crippen LogP contribution in [0.5, 0.6) is 0 Å². The van der Waals surface area contributed by atoms with Crippen LogP contribution >= 0.6 is 0 Å². The zero-order valence-corrected chi connectivity index (χ0v) is 14.4. The molecule has 23 heavy (non-hydrogen) atoms. The molecular weight excluding hydrogens is 292 g/mol. The molecule has 1 aliphatic rings. The monoisotopic (exact) mass is 320 g/mol. The molecule has 1 fully saturated rings. The van der Waals surface area contributed by atoms with Crippen molar-refractivity contribution in [2.75, 3.05) is 26.2 Å². The second-order valence-corrected chi connectivity index (χ2v) is 6.74. The van der Waals surface area contributed by atoms with E-state index in [1.165, 1.54) is 23.2 Å². The van der Waals surface area contributed by atoms with Gasteiger partial charge in [-0.3, -0.25) is 9.59 Å². The van der Waals surface area contributed by atoms with Crippen LogP contribution in [0, 0.1) is 11.8 Å². The summed E-state index contributed by atoms with van der Waals surface area (Å²) in [6.45, 7) is 10.7. The normalized spacial score (nSPS) is 22.0. The molecule has 0 bridgehead atoms. The summed E-state index contributed by atoms with van der Waals surface area (Å²) in [5, 5.41) is 7.04. The molecule has 1 aromatic rings. The maximum atomic E-state index is 12.2. The molecule has 0 spiro atoms. The Balaban J connectivity index is 1.85. The van der Waals surface area contributed by atoms with Crippen LogP contribution in [-0.4, -0.2) is 46.8 Å². The molecule has 0 saturated carbocycles. The van der Waals surface area contributed by atoms with Gasteiger partial charge in [0.15, 0.2) is 0 Å². The van der Waals surface area contributed by atoms with Crippen LogP contribution in [0.25, 0.3) is 0 Å². The van der Waals surface area contributed by atoms with Crippen LogP contribution in [-0.2, 0) is 6.54 Å². The van der Waals surface area contributed by atoms with Gasteiger partial charge in [0, 0.05) is 38.8 Å². The third-order valence-electron chi connectivity index (χ3n) is 4.19. The number of amides is 1. The van der Waals surface area contributed by atoms with Crippen LogP contribution in [0.4, 0.5) is 0 Å². The topological polar surface area (TPSA) is 67.2 Å². The first-order chi connectivity index (χ1) is 11.0. The predicted molar refractivity (Wildman–Crippen MR) is 90.5 cm³/mol. The van der Waals surface area contributed by atoms with E-state index in [9.17, 15) is 9.59 Å². The number of hydrogen-bond donors (Lipinski definition) is 1. The largest absolute Gasteiger partial charge is 0.349 e. The summed E-state index contributed by atoms with van der Waals surface area (Å²) in [6.07, 6.45) is 2.09. The molecule has 1 amide bonds. The zero-order valence-electron chi connectivity index (χ0n) is 14.4. The smallest absolute Gasteiger partial charge is 0.271 e. The van der Waals surface area contributed by atoms with Crippen LogP contribution in [0.2, 0.25) is 0 Å². The molecular formula is C17H28N4O2. The Kier molecular flexibility index (Phi) is 6.33. The number of aromatic nitrogens is 2. The third kappa shape index (κ3) is 5.16. The predicted octanol–water partition coefficient (Wildman–Crippen LogP) is 1.36. The Morgan fingerprint density at radius 1 is 1.26 bits per heavy atom. The maximum absolute atomic E-state index is 12.2. The average Bonchev–Trinajstić information content (AvgIpc) is 2.48. The molecule has 6 heteroatoms. The highest BCUT2D eigenvalue weighted by atomic mass is 16.2. The molecule has 6 nitrogen and oxygen atoms in total. The quantitative estimate of drug-likeness (QED) is 0.859. The van der Waals surface area contributed by atoms with Gasteiger partial charge in [-0.15, -0.1) is 0 Å². The van der Waals surface area contributed by atoms with Crippen molar-refractivity contribution in [1.82, 2.24) is 20.0 Å².